The molecule has 3 heteroatoms. The van der Waals surface area contributed by atoms with E-state index in [2.05, 4.69) is 0 Å². The molecule has 1 aromatic carbocycles. The number of hydrogen-bond acceptors (Lipinski definition) is 3. The molecule has 0 aromatic heterocycles. The number of hydrogen-bond donors (Lipinski definition) is 3. The zero-order chi connectivity index (χ0) is 12.0. The molecule has 0 fully saturated rings. The second kappa shape index (κ2) is 6.51. The van der Waals surface area contributed by atoms with Crippen molar-refractivity contribution in [2.75, 3.05) is 0 Å². The number of aliphatic hydroxyl groups is 2. The molecule has 0 saturated carbocycles. The summed E-state index contributed by atoms with van der Waals surface area (Å²) in [5.74, 6) is 0.269. The van der Waals surface area contributed by atoms with E-state index in [1.807, 2.05) is 19.1 Å². The minimum absolute atomic E-state index is 0.269. The van der Waals surface area contributed by atoms with E-state index >= 15 is 0 Å². The maximum atomic E-state index is 9.55. The summed E-state index contributed by atoms with van der Waals surface area (Å²) in [6, 6.07) is 7.06. The molecule has 0 aliphatic rings. The molecule has 0 bridgehead atoms. The summed E-state index contributed by atoms with van der Waals surface area (Å²) in [5, 5.41) is 28.0. The third-order valence-electron chi connectivity index (χ3n) is 2.76. The average molecular weight is 224 g/mol. The Labute approximate surface area is 96.4 Å². The molecule has 0 spiro atoms. The van der Waals surface area contributed by atoms with Crippen LogP contribution in [0.5, 0.6) is 5.75 Å². The van der Waals surface area contributed by atoms with Crippen molar-refractivity contribution in [3.05, 3.63) is 29.8 Å². The number of benzene rings is 1. The van der Waals surface area contributed by atoms with Crippen LogP contribution in [0.15, 0.2) is 24.3 Å². The van der Waals surface area contributed by atoms with E-state index < -0.39 is 12.2 Å². The predicted molar refractivity (Wildman–Crippen MR) is 63.3 cm³/mol. The highest BCUT2D eigenvalue weighted by atomic mass is 16.3. The highest BCUT2D eigenvalue weighted by Crippen LogP contribution is 2.13. The van der Waals surface area contributed by atoms with Gasteiger partial charge in [0.25, 0.3) is 0 Å². The highest BCUT2D eigenvalue weighted by molar-refractivity contribution is 5.25. The van der Waals surface area contributed by atoms with E-state index in [1.54, 1.807) is 12.1 Å². The molecule has 3 nitrogen and oxygen atoms in total. The van der Waals surface area contributed by atoms with E-state index in [1.165, 1.54) is 0 Å². The van der Waals surface area contributed by atoms with Crippen LogP contribution in [0.4, 0.5) is 0 Å². The summed E-state index contributed by atoms with van der Waals surface area (Å²) in [4.78, 5) is 0. The Morgan fingerprint density at radius 3 is 2.25 bits per heavy atom. The summed E-state index contributed by atoms with van der Waals surface area (Å²) in [6.07, 6.45) is 1.65. The van der Waals surface area contributed by atoms with Crippen LogP contribution in [-0.2, 0) is 6.42 Å². The lowest BCUT2D eigenvalue weighted by Crippen LogP contribution is -2.24. The van der Waals surface area contributed by atoms with Gasteiger partial charge in [0.1, 0.15) is 5.75 Å². The van der Waals surface area contributed by atoms with Crippen LogP contribution in [0.25, 0.3) is 0 Å². The summed E-state index contributed by atoms with van der Waals surface area (Å²) in [5.41, 5.74) is 1.14. The van der Waals surface area contributed by atoms with Crippen molar-refractivity contribution < 1.29 is 15.3 Å². The maximum Gasteiger partial charge on any atom is 0.115 e. The van der Waals surface area contributed by atoms with Gasteiger partial charge in [0, 0.05) is 0 Å². The zero-order valence-electron chi connectivity index (χ0n) is 9.63. The minimum atomic E-state index is -0.623. The van der Waals surface area contributed by atoms with Crippen LogP contribution in [-0.4, -0.2) is 27.5 Å². The van der Waals surface area contributed by atoms with Gasteiger partial charge in [-0.15, -0.1) is 0 Å². The molecule has 0 saturated heterocycles. The minimum Gasteiger partial charge on any atom is -0.508 e. The second-order valence-electron chi connectivity index (χ2n) is 4.10. The molecule has 0 aliphatic heterocycles. The zero-order valence-corrected chi connectivity index (χ0v) is 9.63. The van der Waals surface area contributed by atoms with E-state index in [9.17, 15) is 10.2 Å². The number of aromatic hydroxyl groups is 1. The summed E-state index contributed by atoms with van der Waals surface area (Å²) in [6.45, 7) is 1.86. The molecule has 0 aliphatic carbocycles. The Kier molecular flexibility index (Phi) is 5.29. The van der Waals surface area contributed by atoms with Crippen LogP contribution >= 0.6 is 0 Å². The van der Waals surface area contributed by atoms with Gasteiger partial charge in [-0.1, -0.05) is 19.1 Å². The number of rotatable bonds is 6. The van der Waals surface area contributed by atoms with Crippen LogP contribution in [0.3, 0.4) is 0 Å². The molecule has 16 heavy (non-hydrogen) atoms. The van der Waals surface area contributed by atoms with E-state index in [0.29, 0.717) is 12.8 Å². The van der Waals surface area contributed by atoms with Crippen molar-refractivity contribution in [1.82, 2.24) is 0 Å². The first kappa shape index (κ1) is 13.0. The van der Waals surface area contributed by atoms with Gasteiger partial charge in [-0.25, -0.2) is 0 Å². The van der Waals surface area contributed by atoms with E-state index in [4.69, 9.17) is 5.11 Å². The predicted octanol–water partition coefficient (Wildman–Crippen LogP) is 1.85. The van der Waals surface area contributed by atoms with Crippen LogP contribution in [0.1, 0.15) is 31.7 Å². The summed E-state index contributed by atoms with van der Waals surface area (Å²) < 4.78 is 0. The smallest absolute Gasteiger partial charge is 0.115 e. The normalized spacial score (nSPS) is 14.7. The lowest BCUT2D eigenvalue weighted by Gasteiger charge is -2.15. The number of phenols is 1. The van der Waals surface area contributed by atoms with Crippen molar-refractivity contribution in [2.45, 2.75) is 44.8 Å². The Bertz CT molecular complexity index is 295. The number of aliphatic hydroxyl groups excluding tert-OH is 2. The Morgan fingerprint density at radius 2 is 1.69 bits per heavy atom. The molecular weight excluding hydrogens is 204 g/mol. The molecule has 2 atom stereocenters. The number of phenolic OH excluding ortho intramolecular Hbond substituents is 1. The van der Waals surface area contributed by atoms with Crippen LogP contribution in [0.2, 0.25) is 0 Å². The maximum absolute atomic E-state index is 9.55. The van der Waals surface area contributed by atoms with Gasteiger partial charge in [0.2, 0.25) is 0 Å². The van der Waals surface area contributed by atoms with Crippen molar-refractivity contribution in [2.24, 2.45) is 0 Å². The van der Waals surface area contributed by atoms with Gasteiger partial charge in [0.15, 0.2) is 0 Å². The molecule has 0 radical (unpaired) electrons. The molecule has 0 amide bonds. The van der Waals surface area contributed by atoms with Gasteiger partial charge in [-0.05, 0) is 43.4 Å². The van der Waals surface area contributed by atoms with Crippen LogP contribution in [0, 0.1) is 0 Å². The molecule has 0 heterocycles. The topological polar surface area (TPSA) is 60.7 Å². The molecular formula is C13H20O3. The largest absolute Gasteiger partial charge is 0.508 e. The van der Waals surface area contributed by atoms with Crippen molar-refractivity contribution in [3.63, 3.8) is 0 Å². The molecule has 1 aromatic rings. The summed E-state index contributed by atoms with van der Waals surface area (Å²) in [7, 11) is 0. The first-order chi connectivity index (χ1) is 7.63. The van der Waals surface area contributed by atoms with Gasteiger partial charge < -0.3 is 15.3 Å². The first-order valence-electron chi connectivity index (χ1n) is 5.77. The van der Waals surface area contributed by atoms with Gasteiger partial charge in [-0.3, -0.25) is 0 Å². The lowest BCUT2D eigenvalue weighted by molar-refractivity contribution is 0.0118. The molecule has 1 rings (SSSR count). The molecule has 3 N–H and O–H groups in total. The quantitative estimate of drug-likeness (QED) is 0.691. The van der Waals surface area contributed by atoms with E-state index in [-0.39, 0.29) is 5.75 Å². The van der Waals surface area contributed by atoms with E-state index in [0.717, 1.165) is 18.4 Å². The fourth-order valence-corrected chi connectivity index (χ4v) is 1.64. The van der Waals surface area contributed by atoms with Crippen molar-refractivity contribution >= 4 is 0 Å². The third-order valence-corrected chi connectivity index (χ3v) is 2.76. The molecule has 90 valence electrons. The van der Waals surface area contributed by atoms with Crippen LogP contribution < -0.4 is 0 Å². The van der Waals surface area contributed by atoms with Gasteiger partial charge >= 0.3 is 0 Å². The first-order valence-corrected chi connectivity index (χ1v) is 5.77. The Hall–Kier alpha value is -1.06. The summed E-state index contributed by atoms with van der Waals surface area (Å²) >= 11 is 0. The number of aryl methyl sites for hydroxylation is 1. The van der Waals surface area contributed by atoms with Gasteiger partial charge in [0.05, 0.1) is 12.2 Å². The monoisotopic (exact) mass is 224 g/mol. The standard InChI is InChI=1S/C13H20O3/c1-2-12(15)13(16)5-3-4-10-6-8-11(14)9-7-10/h6-9,12-16H,2-5H2,1H3. The lowest BCUT2D eigenvalue weighted by atomic mass is 10.0. The Balaban J connectivity index is 2.27. The van der Waals surface area contributed by atoms with Crippen molar-refractivity contribution in [3.8, 4) is 5.75 Å². The average Bonchev–Trinajstić information content (AvgIpc) is 2.30. The fourth-order valence-electron chi connectivity index (χ4n) is 1.64. The molecule has 2 unspecified atom stereocenters. The highest BCUT2D eigenvalue weighted by Gasteiger charge is 2.13. The van der Waals surface area contributed by atoms with Gasteiger partial charge in [-0.2, -0.15) is 0 Å². The second-order valence-corrected chi connectivity index (χ2v) is 4.10. The SMILES string of the molecule is CCC(O)C(O)CCCc1ccc(O)cc1. The van der Waals surface area contributed by atoms with Crippen molar-refractivity contribution in [1.29, 1.82) is 0 Å². The Morgan fingerprint density at radius 1 is 1.06 bits per heavy atom. The fraction of sp³-hybridized carbons (Fsp3) is 0.538. The third kappa shape index (κ3) is 4.21.